The normalized spacial score (nSPS) is 19.0. The van der Waals surface area contributed by atoms with Gasteiger partial charge < -0.3 is 15.1 Å². The van der Waals surface area contributed by atoms with E-state index in [1.54, 1.807) is 0 Å². The summed E-state index contributed by atoms with van der Waals surface area (Å²) in [4.78, 5) is 11.9. The van der Waals surface area contributed by atoms with E-state index >= 15 is 0 Å². The van der Waals surface area contributed by atoms with Crippen molar-refractivity contribution in [2.75, 3.05) is 18.8 Å². The third-order valence-electron chi connectivity index (χ3n) is 2.28. The Morgan fingerprint density at radius 2 is 2.43 bits per heavy atom. The van der Waals surface area contributed by atoms with Crippen molar-refractivity contribution in [1.82, 2.24) is 4.90 Å². The third-order valence-corrected chi connectivity index (χ3v) is 2.70. The Balaban J connectivity index is 2.41. The smallest absolute Gasteiger partial charge is 0.407 e. The molecule has 1 aliphatic heterocycles. The van der Waals surface area contributed by atoms with Crippen molar-refractivity contribution < 1.29 is 15.0 Å². The summed E-state index contributed by atoms with van der Waals surface area (Å²) >= 11 is 3.98. The van der Waals surface area contributed by atoms with Gasteiger partial charge in [0.05, 0.1) is 6.10 Å². The number of carbonyl (C=O) groups is 1. The predicted octanol–water partition coefficient (Wildman–Crippen LogP) is 0.977. The van der Waals surface area contributed by atoms with E-state index in [1.165, 1.54) is 4.90 Å². The van der Waals surface area contributed by atoms with Crippen LogP contribution >= 0.6 is 12.6 Å². The molecule has 0 aromatic rings. The molecule has 0 saturated carbocycles. The zero-order valence-corrected chi connectivity index (χ0v) is 8.78. The van der Waals surface area contributed by atoms with E-state index in [0.717, 1.165) is 12.0 Å². The van der Waals surface area contributed by atoms with Crippen LogP contribution in [0.5, 0.6) is 0 Å². The lowest BCUT2D eigenvalue weighted by Crippen LogP contribution is -2.33. The monoisotopic (exact) mass is 217 g/mol. The fraction of sp³-hybridized carbons (Fsp3) is 0.667. The molecule has 2 N–H and O–H groups in total. The first kappa shape index (κ1) is 11.4. The van der Waals surface area contributed by atoms with E-state index in [2.05, 4.69) is 12.6 Å². The van der Waals surface area contributed by atoms with Crippen LogP contribution in [0, 0.1) is 0 Å². The fourth-order valence-corrected chi connectivity index (χ4v) is 1.57. The van der Waals surface area contributed by atoms with Crippen LogP contribution in [0.25, 0.3) is 0 Å². The summed E-state index contributed by atoms with van der Waals surface area (Å²) in [6.45, 7) is 0.963. The minimum absolute atomic E-state index is 0.416. The van der Waals surface area contributed by atoms with Gasteiger partial charge in [-0.1, -0.05) is 11.6 Å². The lowest BCUT2D eigenvalue weighted by molar-refractivity contribution is 0.147. The van der Waals surface area contributed by atoms with Crippen molar-refractivity contribution in [3.8, 4) is 0 Å². The first-order valence-electron chi connectivity index (χ1n) is 4.58. The van der Waals surface area contributed by atoms with Crippen molar-refractivity contribution in [2.45, 2.75) is 18.9 Å². The number of amides is 1. The Morgan fingerprint density at radius 3 is 2.86 bits per heavy atom. The highest BCUT2D eigenvalue weighted by molar-refractivity contribution is 7.80. The maximum atomic E-state index is 10.6. The Morgan fingerprint density at radius 1 is 1.71 bits per heavy atom. The highest BCUT2D eigenvalue weighted by Crippen LogP contribution is 2.16. The summed E-state index contributed by atoms with van der Waals surface area (Å²) in [5.74, 6) is 0.444. The van der Waals surface area contributed by atoms with E-state index in [4.69, 9.17) is 5.11 Å². The second-order valence-electron chi connectivity index (χ2n) is 3.38. The molecule has 0 radical (unpaired) electrons. The first-order chi connectivity index (χ1) is 6.63. The van der Waals surface area contributed by atoms with Gasteiger partial charge in [0.2, 0.25) is 0 Å². The summed E-state index contributed by atoms with van der Waals surface area (Å²) in [6.07, 6.45) is 1.91. The Hall–Kier alpha value is -0.680. The molecular weight excluding hydrogens is 202 g/mol. The number of hydrogen-bond donors (Lipinski definition) is 3. The average molecular weight is 217 g/mol. The average Bonchev–Trinajstić information content (AvgIpc) is 2.18. The lowest BCUT2D eigenvalue weighted by atomic mass is 10.0. The van der Waals surface area contributed by atoms with Crippen molar-refractivity contribution in [3.63, 3.8) is 0 Å². The van der Waals surface area contributed by atoms with Crippen LogP contribution in [0.15, 0.2) is 11.6 Å². The minimum Gasteiger partial charge on any atom is -0.465 e. The molecule has 1 amide bonds. The van der Waals surface area contributed by atoms with Gasteiger partial charge in [-0.05, 0) is 12.8 Å². The molecule has 1 aliphatic rings. The van der Waals surface area contributed by atoms with Gasteiger partial charge >= 0.3 is 6.09 Å². The molecule has 80 valence electrons. The lowest BCUT2D eigenvalue weighted by Gasteiger charge is -2.24. The second-order valence-corrected chi connectivity index (χ2v) is 3.75. The van der Waals surface area contributed by atoms with Crippen LogP contribution < -0.4 is 0 Å². The standard InChI is InChI=1S/C9H15NO3S/c11-8(6-14)5-7-1-3-10(4-2-7)9(12)13/h1,8,11,14H,2-6H2,(H,12,13). The molecule has 1 unspecified atom stereocenters. The number of carboxylic acid groups (broad SMARTS) is 1. The third kappa shape index (κ3) is 3.23. The number of nitrogens with zero attached hydrogens (tertiary/aromatic N) is 1. The van der Waals surface area contributed by atoms with Gasteiger partial charge in [-0.15, -0.1) is 0 Å². The van der Waals surface area contributed by atoms with Crippen LogP contribution in [-0.2, 0) is 0 Å². The van der Waals surface area contributed by atoms with Gasteiger partial charge in [-0.3, -0.25) is 0 Å². The number of aliphatic hydroxyl groups excluding tert-OH is 1. The number of thiol groups is 1. The number of hydrogen-bond acceptors (Lipinski definition) is 3. The molecule has 1 heterocycles. The minimum atomic E-state index is -0.880. The molecule has 5 heteroatoms. The molecular formula is C9H15NO3S. The predicted molar refractivity (Wildman–Crippen MR) is 56.8 cm³/mol. The van der Waals surface area contributed by atoms with E-state index in [-0.39, 0.29) is 0 Å². The molecule has 14 heavy (non-hydrogen) atoms. The summed E-state index contributed by atoms with van der Waals surface area (Å²) in [7, 11) is 0. The second kappa shape index (κ2) is 5.26. The molecule has 0 aliphatic carbocycles. The van der Waals surface area contributed by atoms with Crippen LogP contribution in [0.1, 0.15) is 12.8 Å². The zero-order chi connectivity index (χ0) is 10.6. The maximum absolute atomic E-state index is 10.6. The Bertz CT molecular complexity index is 242. The van der Waals surface area contributed by atoms with E-state index in [9.17, 15) is 9.90 Å². The first-order valence-corrected chi connectivity index (χ1v) is 5.21. The molecule has 1 atom stereocenters. The van der Waals surface area contributed by atoms with Gasteiger partial charge in [0, 0.05) is 18.8 Å². The van der Waals surface area contributed by atoms with E-state index < -0.39 is 12.2 Å². The highest BCUT2D eigenvalue weighted by Gasteiger charge is 2.16. The fourth-order valence-electron chi connectivity index (χ4n) is 1.44. The summed E-state index contributed by atoms with van der Waals surface area (Å²) < 4.78 is 0. The van der Waals surface area contributed by atoms with Crippen LogP contribution in [0.4, 0.5) is 4.79 Å². The molecule has 4 nitrogen and oxygen atoms in total. The van der Waals surface area contributed by atoms with E-state index in [1.807, 2.05) is 6.08 Å². The van der Waals surface area contributed by atoms with Crippen LogP contribution in [0.2, 0.25) is 0 Å². The molecule has 0 bridgehead atoms. The molecule has 0 aromatic carbocycles. The molecule has 0 aromatic heterocycles. The van der Waals surface area contributed by atoms with Crippen LogP contribution in [0.3, 0.4) is 0 Å². The molecule has 0 spiro atoms. The summed E-state index contributed by atoms with van der Waals surface area (Å²) in [5, 5.41) is 18.0. The molecule has 0 saturated heterocycles. The topological polar surface area (TPSA) is 60.8 Å². The van der Waals surface area contributed by atoms with Crippen molar-refractivity contribution >= 4 is 18.7 Å². The van der Waals surface area contributed by atoms with Gasteiger partial charge in [0.25, 0.3) is 0 Å². The van der Waals surface area contributed by atoms with Gasteiger partial charge in [-0.25, -0.2) is 4.79 Å². The van der Waals surface area contributed by atoms with E-state index in [0.29, 0.717) is 25.3 Å². The van der Waals surface area contributed by atoms with Crippen molar-refractivity contribution in [3.05, 3.63) is 11.6 Å². The summed E-state index contributed by atoms with van der Waals surface area (Å²) in [5.41, 5.74) is 1.13. The molecule has 1 rings (SSSR count). The number of rotatable bonds is 3. The quantitative estimate of drug-likeness (QED) is 0.488. The van der Waals surface area contributed by atoms with Crippen molar-refractivity contribution in [2.24, 2.45) is 0 Å². The largest absolute Gasteiger partial charge is 0.465 e. The van der Waals surface area contributed by atoms with Gasteiger partial charge in [0.15, 0.2) is 0 Å². The highest BCUT2D eigenvalue weighted by atomic mass is 32.1. The maximum Gasteiger partial charge on any atom is 0.407 e. The van der Waals surface area contributed by atoms with Gasteiger partial charge in [0.1, 0.15) is 0 Å². The number of aliphatic hydroxyl groups is 1. The molecule has 0 fully saturated rings. The zero-order valence-electron chi connectivity index (χ0n) is 7.89. The van der Waals surface area contributed by atoms with Gasteiger partial charge in [-0.2, -0.15) is 12.6 Å². The summed E-state index contributed by atoms with van der Waals surface area (Å²) in [6, 6.07) is 0. The SMILES string of the molecule is O=C(O)N1CC=C(CC(O)CS)CC1. The van der Waals surface area contributed by atoms with Crippen LogP contribution in [-0.4, -0.2) is 46.2 Å². The Labute approximate surface area is 88.6 Å². The van der Waals surface area contributed by atoms with Crippen molar-refractivity contribution in [1.29, 1.82) is 0 Å². The Kier molecular flexibility index (Phi) is 4.28.